The van der Waals surface area contributed by atoms with E-state index in [9.17, 15) is 15.3 Å². The predicted octanol–water partition coefficient (Wildman–Crippen LogP) is 6.15. The van der Waals surface area contributed by atoms with E-state index in [1.54, 1.807) is 16.9 Å². The monoisotopic (exact) mass is 591 g/mol. The van der Waals surface area contributed by atoms with E-state index in [0.717, 1.165) is 63.5 Å². The van der Waals surface area contributed by atoms with Gasteiger partial charge in [0.25, 0.3) is 0 Å². The Labute approximate surface area is 255 Å². The number of ether oxygens (including phenoxy) is 1. The van der Waals surface area contributed by atoms with Crippen molar-refractivity contribution in [3.63, 3.8) is 0 Å². The standard InChI is InChI=1S/C36H49NO4S/c1-34-16-12-28(38)21-27(34)10-11-31-32(34)13-17-35(2)33(31)14-18-36(35,40)25-37(19-15-30-9-6-20-42-30)22-29(39)24-41-23-26-7-4-3-5-8-26/h3-11,20,28-29,32-33,38-40H,12-19,21-25H2,1-2H3/t28-,29+,32-,33-,34-,35-,36+/m0/s1. The first kappa shape index (κ1) is 30.2. The average Bonchev–Trinajstić information content (AvgIpc) is 3.59. The predicted molar refractivity (Wildman–Crippen MR) is 169 cm³/mol. The van der Waals surface area contributed by atoms with Gasteiger partial charge in [-0.25, -0.2) is 0 Å². The summed E-state index contributed by atoms with van der Waals surface area (Å²) in [6.07, 6.45) is 11.4. The zero-order chi connectivity index (χ0) is 29.4. The molecule has 1 heterocycles. The number of nitrogens with zero attached hydrogens (tertiary/aromatic N) is 1. The van der Waals surface area contributed by atoms with Crippen LogP contribution in [0.2, 0.25) is 0 Å². The number of hydrogen-bond acceptors (Lipinski definition) is 6. The number of allylic oxidation sites excluding steroid dienone is 3. The summed E-state index contributed by atoms with van der Waals surface area (Å²) in [5.41, 5.74) is 3.21. The van der Waals surface area contributed by atoms with Gasteiger partial charge in [0.1, 0.15) is 0 Å². The number of aliphatic hydroxyl groups excluding tert-OH is 2. The summed E-state index contributed by atoms with van der Waals surface area (Å²) < 4.78 is 5.89. The second-order valence-corrected chi connectivity index (χ2v) is 15.1. The molecule has 0 bridgehead atoms. The fraction of sp³-hybridized carbons (Fsp3) is 0.611. The molecule has 42 heavy (non-hydrogen) atoms. The van der Waals surface area contributed by atoms with Gasteiger partial charge in [0.15, 0.2) is 0 Å². The van der Waals surface area contributed by atoms with Gasteiger partial charge in [-0.15, -0.1) is 11.3 Å². The van der Waals surface area contributed by atoms with Crippen LogP contribution in [0, 0.1) is 22.7 Å². The number of hydrogen-bond donors (Lipinski definition) is 3. The fourth-order valence-corrected chi connectivity index (χ4v) is 9.62. The summed E-state index contributed by atoms with van der Waals surface area (Å²) in [4.78, 5) is 3.63. The number of rotatable bonds is 11. The maximum absolute atomic E-state index is 12.5. The summed E-state index contributed by atoms with van der Waals surface area (Å²) in [6, 6.07) is 14.3. The smallest absolute Gasteiger partial charge is 0.0900 e. The van der Waals surface area contributed by atoms with E-state index >= 15 is 0 Å². The molecule has 3 saturated carbocycles. The van der Waals surface area contributed by atoms with Crippen LogP contribution >= 0.6 is 11.3 Å². The molecule has 1 aromatic carbocycles. The highest BCUT2D eigenvalue weighted by Gasteiger charge is 2.62. The van der Waals surface area contributed by atoms with Crippen LogP contribution in [0.25, 0.3) is 0 Å². The molecule has 0 radical (unpaired) electrons. The third kappa shape index (κ3) is 5.83. The second-order valence-electron chi connectivity index (χ2n) is 14.0. The molecule has 228 valence electrons. The maximum Gasteiger partial charge on any atom is 0.0900 e. The molecule has 1 aromatic heterocycles. The quantitative estimate of drug-likeness (QED) is 0.293. The Balaban J connectivity index is 1.16. The molecule has 6 rings (SSSR count). The van der Waals surface area contributed by atoms with Crippen molar-refractivity contribution >= 4 is 11.3 Å². The van der Waals surface area contributed by atoms with E-state index in [1.165, 1.54) is 10.5 Å². The molecule has 0 amide bonds. The van der Waals surface area contributed by atoms with Gasteiger partial charge in [0, 0.05) is 29.9 Å². The summed E-state index contributed by atoms with van der Waals surface area (Å²) in [6.45, 7) is 7.40. The minimum atomic E-state index is -0.808. The molecular weight excluding hydrogens is 542 g/mol. The lowest BCUT2D eigenvalue weighted by atomic mass is 9.50. The van der Waals surface area contributed by atoms with E-state index in [1.807, 2.05) is 30.3 Å². The highest BCUT2D eigenvalue weighted by Crippen LogP contribution is 2.66. The Morgan fingerprint density at radius 1 is 1.00 bits per heavy atom. The molecule has 0 spiro atoms. The van der Waals surface area contributed by atoms with Crippen molar-refractivity contribution in [3.05, 3.63) is 81.6 Å². The second kappa shape index (κ2) is 12.3. The first-order valence-electron chi connectivity index (χ1n) is 16.1. The minimum absolute atomic E-state index is 0.141. The zero-order valence-corrected chi connectivity index (χ0v) is 26.2. The zero-order valence-electron chi connectivity index (χ0n) is 25.4. The van der Waals surface area contributed by atoms with Crippen LogP contribution in [0.3, 0.4) is 0 Å². The molecule has 4 aliphatic rings. The summed E-state index contributed by atoms with van der Waals surface area (Å²) in [7, 11) is 0. The average molecular weight is 592 g/mol. The Morgan fingerprint density at radius 2 is 1.81 bits per heavy atom. The van der Waals surface area contributed by atoms with Crippen LogP contribution in [0.15, 0.2) is 71.1 Å². The molecule has 0 saturated heterocycles. The van der Waals surface area contributed by atoms with E-state index in [4.69, 9.17) is 4.74 Å². The summed E-state index contributed by atoms with van der Waals surface area (Å²) in [5, 5.41) is 36.0. The molecule has 7 atom stereocenters. The molecule has 4 aliphatic carbocycles. The van der Waals surface area contributed by atoms with Gasteiger partial charge in [0.2, 0.25) is 0 Å². The molecule has 6 heteroatoms. The molecule has 0 unspecified atom stereocenters. The Hall–Kier alpha value is -1.80. The van der Waals surface area contributed by atoms with Crippen molar-refractivity contribution in [1.82, 2.24) is 4.90 Å². The van der Waals surface area contributed by atoms with Crippen LogP contribution in [-0.2, 0) is 17.8 Å². The first-order chi connectivity index (χ1) is 20.2. The highest BCUT2D eigenvalue weighted by molar-refractivity contribution is 7.09. The number of benzene rings is 1. The third-order valence-electron chi connectivity index (χ3n) is 11.5. The largest absolute Gasteiger partial charge is 0.393 e. The maximum atomic E-state index is 12.5. The van der Waals surface area contributed by atoms with Crippen molar-refractivity contribution in [3.8, 4) is 0 Å². The first-order valence-corrected chi connectivity index (χ1v) is 16.9. The minimum Gasteiger partial charge on any atom is -0.393 e. The van der Waals surface area contributed by atoms with Gasteiger partial charge in [-0.2, -0.15) is 0 Å². The Kier molecular flexibility index (Phi) is 8.85. The van der Waals surface area contributed by atoms with E-state index in [0.29, 0.717) is 31.5 Å². The van der Waals surface area contributed by atoms with Gasteiger partial charge in [-0.3, -0.25) is 4.90 Å². The summed E-state index contributed by atoms with van der Waals surface area (Å²) in [5.74, 6) is 0.893. The van der Waals surface area contributed by atoms with Gasteiger partial charge >= 0.3 is 0 Å². The van der Waals surface area contributed by atoms with Crippen LogP contribution < -0.4 is 0 Å². The van der Waals surface area contributed by atoms with Crippen LogP contribution in [0.1, 0.15) is 69.2 Å². The lowest BCUT2D eigenvalue weighted by Gasteiger charge is -2.56. The Morgan fingerprint density at radius 3 is 2.60 bits per heavy atom. The molecule has 0 aliphatic heterocycles. The SMILES string of the molecule is C[C@]12CC[C@H](O)CC1=CC=C1[C@@H]2CC[C@@]2(C)[C@H]1CC[C@@]2(O)CN(CCc1cccs1)C[C@@H](O)COCc1ccccc1. The Bertz CT molecular complexity index is 1260. The van der Waals surface area contributed by atoms with Gasteiger partial charge in [0.05, 0.1) is 31.0 Å². The van der Waals surface area contributed by atoms with Crippen LogP contribution in [0.4, 0.5) is 0 Å². The molecular formula is C36H49NO4S. The molecule has 3 N–H and O–H groups in total. The number of thiophene rings is 1. The fourth-order valence-electron chi connectivity index (χ4n) is 8.92. The van der Waals surface area contributed by atoms with Crippen molar-refractivity contribution < 1.29 is 20.1 Å². The molecule has 5 nitrogen and oxygen atoms in total. The van der Waals surface area contributed by atoms with Gasteiger partial charge in [-0.05, 0) is 85.6 Å². The third-order valence-corrected chi connectivity index (χ3v) is 12.4. The van der Waals surface area contributed by atoms with Gasteiger partial charge < -0.3 is 20.1 Å². The lowest BCUT2D eigenvalue weighted by Crippen LogP contribution is -2.57. The number of fused-ring (bicyclic) bond motifs is 5. The number of aliphatic hydroxyl groups is 3. The molecule has 2 aromatic rings. The highest BCUT2D eigenvalue weighted by atomic mass is 32.1. The molecule has 3 fully saturated rings. The topological polar surface area (TPSA) is 73.2 Å². The van der Waals surface area contributed by atoms with E-state index in [2.05, 4.69) is 48.4 Å². The van der Waals surface area contributed by atoms with Gasteiger partial charge in [-0.1, -0.05) is 73.5 Å². The van der Waals surface area contributed by atoms with Crippen molar-refractivity contribution in [1.29, 1.82) is 0 Å². The van der Waals surface area contributed by atoms with Crippen molar-refractivity contribution in [2.45, 2.75) is 89.6 Å². The summed E-state index contributed by atoms with van der Waals surface area (Å²) >= 11 is 1.77. The van der Waals surface area contributed by atoms with Crippen molar-refractivity contribution in [2.75, 3.05) is 26.2 Å². The van der Waals surface area contributed by atoms with Crippen LogP contribution in [0.5, 0.6) is 0 Å². The lowest BCUT2D eigenvalue weighted by molar-refractivity contribution is -0.107. The van der Waals surface area contributed by atoms with Crippen LogP contribution in [-0.4, -0.2) is 64.3 Å². The van der Waals surface area contributed by atoms with E-state index < -0.39 is 11.7 Å². The van der Waals surface area contributed by atoms with Crippen molar-refractivity contribution in [2.24, 2.45) is 22.7 Å². The van der Waals surface area contributed by atoms with E-state index in [-0.39, 0.29) is 23.5 Å². The normalized spacial score (nSPS) is 34.8.